The third kappa shape index (κ3) is 5.70. The zero-order valence-electron chi connectivity index (χ0n) is 13.6. The molecule has 4 heteroatoms. The molecule has 1 aliphatic carbocycles. The van der Waals surface area contributed by atoms with E-state index in [0.717, 1.165) is 31.6 Å². The van der Waals surface area contributed by atoms with Crippen LogP contribution < -0.4 is 5.32 Å². The van der Waals surface area contributed by atoms with E-state index < -0.39 is 0 Å². The van der Waals surface area contributed by atoms with Crippen LogP contribution in [0.15, 0.2) is 0 Å². The van der Waals surface area contributed by atoms with Crippen LogP contribution in [0.1, 0.15) is 59.3 Å². The smallest absolute Gasteiger partial charge is 0.317 e. The quantitative estimate of drug-likeness (QED) is 0.737. The van der Waals surface area contributed by atoms with Gasteiger partial charge in [0.25, 0.3) is 0 Å². The summed E-state index contributed by atoms with van der Waals surface area (Å²) in [6.45, 7) is 7.25. The lowest BCUT2D eigenvalue weighted by Crippen LogP contribution is -2.45. The van der Waals surface area contributed by atoms with Gasteiger partial charge in [0.1, 0.15) is 0 Å². The first kappa shape index (κ1) is 17.3. The summed E-state index contributed by atoms with van der Waals surface area (Å²) in [5.74, 6) is 0.731. The highest BCUT2D eigenvalue weighted by Crippen LogP contribution is 2.26. The number of carbonyl (C=O) groups is 1. The Morgan fingerprint density at radius 3 is 2.70 bits per heavy atom. The monoisotopic (exact) mass is 284 g/mol. The summed E-state index contributed by atoms with van der Waals surface area (Å²) in [6.07, 6.45) is 6.62. The molecule has 4 nitrogen and oxygen atoms in total. The van der Waals surface area contributed by atoms with E-state index in [-0.39, 0.29) is 18.1 Å². The van der Waals surface area contributed by atoms with Gasteiger partial charge < -0.3 is 15.3 Å². The molecule has 2 atom stereocenters. The van der Waals surface area contributed by atoms with E-state index in [0.29, 0.717) is 12.6 Å². The lowest BCUT2D eigenvalue weighted by atomic mass is 9.86. The molecule has 0 spiro atoms. The Labute approximate surface area is 123 Å². The summed E-state index contributed by atoms with van der Waals surface area (Å²) in [6, 6.07) is 0.443. The molecule has 0 bridgehead atoms. The van der Waals surface area contributed by atoms with E-state index in [1.807, 2.05) is 25.8 Å². The molecule has 0 aromatic rings. The Bertz CT molecular complexity index is 305. The molecule has 2 N–H and O–H groups in total. The molecule has 0 aliphatic heterocycles. The molecular weight excluding hydrogens is 252 g/mol. The van der Waals surface area contributed by atoms with Gasteiger partial charge in [-0.15, -0.1) is 0 Å². The molecule has 20 heavy (non-hydrogen) atoms. The number of carbonyl (C=O) groups excluding carboxylic acids is 1. The number of hydrogen-bond donors (Lipinski definition) is 2. The Morgan fingerprint density at radius 1 is 1.40 bits per heavy atom. The van der Waals surface area contributed by atoms with E-state index in [9.17, 15) is 9.90 Å². The molecule has 0 aromatic heterocycles. The maximum Gasteiger partial charge on any atom is 0.317 e. The molecule has 0 heterocycles. The van der Waals surface area contributed by atoms with Gasteiger partial charge in [0.2, 0.25) is 0 Å². The van der Waals surface area contributed by atoms with E-state index in [4.69, 9.17) is 0 Å². The lowest BCUT2D eigenvalue weighted by molar-refractivity contribution is 0.145. The van der Waals surface area contributed by atoms with E-state index in [1.165, 1.54) is 12.8 Å². The normalized spacial score (nSPS) is 23.4. The van der Waals surface area contributed by atoms with Crippen LogP contribution in [0.4, 0.5) is 4.79 Å². The molecule has 1 fully saturated rings. The molecule has 118 valence electrons. The summed E-state index contributed by atoms with van der Waals surface area (Å²) in [7, 11) is 1.91. The maximum atomic E-state index is 12.1. The Balaban J connectivity index is 2.24. The number of amides is 2. The van der Waals surface area contributed by atoms with Gasteiger partial charge in [-0.3, -0.25) is 0 Å². The van der Waals surface area contributed by atoms with Gasteiger partial charge in [-0.2, -0.15) is 0 Å². The molecule has 0 aromatic carbocycles. The van der Waals surface area contributed by atoms with Crippen molar-refractivity contribution in [1.29, 1.82) is 0 Å². The molecule has 2 amide bonds. The minimum atomic E-state index is -0.0462. The van der Waals surface area contributed by atoms with Crippen molar-refractivity contribution in [3.8, 4) is 0 Å². The highest BCUT2D eigenvalue weighted by molar-refractivity contribution is 5.74. The van der Waals surface area contributed by atoms with Gasteiger partial charge in [0.15, 0.2) is 0 Å². The highest BCUT2D eigenvalue weighted by atomic mass is 16.3. The SMILES string of the molecule is CC1CCCC(N(C)C(=O)NCCCC(C)(C)CO)C1. The van der Waals surface area contributed by atoms with Crippen LogP contribution in [-0.2, 0) is 0 Å². The summed E-state index contributed by atoms with van der Waals surface area (Å²) in [5, 5.41) is 12.2. The number of hydrogen-bond acceptors (Lipinski definition) is 2. The van der Waals surface area contributed by atoms with Crippen molar-refractivity contribution in [2.45, 2.75) is 65.3 Å². The standard InChI is InChI=1S/C16H32N2O2/c1-13-7-5-8-14(11-13)18(4)15(20)17-10-6-9-16(2,3)12-19/h13-14,19H,5-12H2,1-4H3,(H,17,20). The predicted octanol–water partition coefficient (Wildman–Crippen LogP) is 3.01. The number of nitrogens with one attached hydrogen (secondary N) is 1. The highest BCUT2D eigenvalue weighted by Gasteiger charge is 2.25. The molecule has 0 radical (unpaired) electrons. The molecule has 1 aliphatic rings. The van der Waals surface area contributed by atoms with Gasteiger partial charge >= 0.3 is 6.03 Å². The van der Waals surface area contributed by atoms with Crippen LogP contribution in [0.2, 0.25) is 0 Å². The number of urea groups is 1. The summed E-state index contributed by atoms with van der Waals surface area (Å²) in [5.41, 5.74) is -0.0462. The first-order valence-electron chi connectivity index (χ1n) is 7.97. The first-order chi connectivity index (χ1) is 9.35. The third-order valence-electron chi connectivity index (χ3n) is 4.51. The minimum Gasteiger partial charge on any atom is -0.396 e. The van der Waals surface area contributed by atoms with Crippen molar-refractivity contribution in [3.05, 3.63) is 0 Å². The Morgan fingerprint density at radius 2 is 2.10 bits per heavy atom. The number of nitrogens with zero attached hydrogens (tertiary/aromatic N) is 1. The van der Waals surface area contributed by atoms with Gasteiger partial charge in [-0.25, -0.2) is 4.79 Å². The van der Waals surface area contributed by atoms with E-state index in [1.54, 1.807) is 0 Å². The fraction of sp³-hybridized carbons (Fsp3) is 0.938. The van der Waals surface area contributed by atoms with Gasteiger partial charge in [0, 0.05) is 26.2 Å². The van der Waals surface area contributed by atoms with Crippen LogP contribution in [-0.4, -0.2) is 42.3 Å². The second kappa shape index (κ2) is 7.87. The van der Waals surface area contributed by atoms with Crippen molar-refractivity contribution in [3.63, 3.8) is 0 Å². The average Bonchev–Trinajstić information content (AvgIpc) is 2.42. The zero-order valence-corrected chi connectivity index (χ0v) is 13.6. The third-order valence-corrected chi connectivity index (χ3v) is 4.51. The number of aliphatic hydroxyl groups is 1. The lowest BCUT2D eigenvalue weighted by Gasteiger charge is -2.34. The van der Waals surface area contributed by atoms with Gasteiger partial charge in [-0.1, -0.05) is 33.6 Å². The van der Waals surface area contributed by atoms with Crippen LogP contribution >= 0.6 is 0 Å². The van der Waals surface area contributed by atoms with Crippen molar-refractivity contribution in [2.24, 2.45) is 11.3 Å². The molecule has 1 rings (SSSR count). The van der Waals surface area contributed by atoms with Crippen LogP contribution in [0.25, 0.3) is 0 Å². The van der Waals surface area contributed by atoms with Gasteiger partial charge in [0.05, 0.1) is 0 Å². The summed E-state index contributed by atoms with van der Waals surface area (Å²) in [4.78, 5) is 14.0. The summed E-state index contributed by atoms with van der Waals surface area (Å²) < 4.78 is 0. The van der Waals surface area contributed by atoms with Crippen molar-refractivity contribution in [1.82, 2.24) is 10.2 Å². The fourth-order valence-corrected chi connectivity index (χ4v) is 2.89. The number of rotatable bonds is 6. The fourth-order valence-electron chi connectivity index (χ4n) is 2.89. The Hall–Kier alpha value is -0.770. The Kier molecular flexibility index (Phi) is 6.80. The van der Waals surface area contributed by atoms with E-state index in [2.05, 4.69) is 12.2 Å². The maximum absolute atomic E-state index is 12.1. The van der Waals surface area contributed by atoms with E-state index >= 15 is 0 Å². The second-order valence-electron chi connectivity index (χ2n) is 7.19. The molecule has 2 unspecified atom stereocenters. The molecular formula is C16H32N2O2. The zero-order chi connectivity index (χ0) is 15.2. The minimum absolute atomic E-state index is 0.0462. The van der Waals surface area contributed by atoms with Crippen molar-refractivity contribution < 1.29 is 9.90 Å². The second-order valence-corrected chi connectivity index (χ2v) is 7.19. The van der Waals surface area contributed by atoms with Crippen LogP contribution in [0.3, 0.4) is 0 Å². The van der Waals surface area contributed by atoms with Gasteiger partial charge in [-0.05, 0) is 37.0 Å². The topological polar surface area (TPSA) is 52.6 Å². The predicted molar refractivity (Wildman–Crippen MR) is 82.7 cm³/mol. The first-order valence-corrected chi connectivity index (χ1v) is 7.97. The average molecular weight is 284 g/mol. The summed E-state index contributed by atoms with van der Waals surface area (Å²) >= 11 is 0. The number of aliphatic hydroxyl groups excluding tert-OH is 1. The van der Waals surface area contributed by atoms with Crippen LogP contribution in [0.5, 0.6) is 0 Å². The molecule has 1 saturated carbocycles. The molecule has 0 saturated heterocycles. The van der Waals surface area contributed by atoms with Crippen LogP contribution in [0, 0.1) is 11.3 Å². The van der Waals surface area contributed by atoms with Crippen molar-refractivity contribution >= 4 is 6.03 Å². The largest absolute Gasteiger partial charge is 0.396 e. The van der Waals surface area contributed by atoms with Crippen molar-refractivity contribution in [2.75, 3.05) is 20.2 Å².